The maximum absolute atomic E-state index is 11.5. The second-order valence-corrected chi connectivity index (χ2v) is 6.18. The average molecular weight is 368 g/mol. The fourth-order valence-corrected chi connectivity index (χ4v) is 2.83. The third-order valence-corrected chi connectivity index (χ3v) is 4.34. The summed E-state index contributed by atoms with van der Waals surface area (Å²) in [4.78, 5) is 13.5. The molecule has 0 saturated carbocycles. The number of phenolic OH excluding ortho intramolecular Hbond substituents is 2. The van der Waals surface area contributed by atoms with Crippen LogP contribution in [0.25, 0.3) is 5.70 Å². The lowest BCUT2D eigenvalue weighted by Gasteiger charge is -2.30. The first kappa shape index (κ1) is 19.1. The fraction of sp³-hybridized carbons (Fsp3) is 0.412. The number of ether oxygens (including phenoxy) is 1. The predicted molar refractivity (Wildman–Crippen MR) is 95.9 cm³/mol. The summed E-state index contributed by atoms with van der Waals surface area (Å²) in [5.41, 5.74) is 7.64. The van der Waals surface area contributed by atoms with Crippen molar-refractivity contribution in [2.24, 2.45) is 5.73 Å². The highest BCUT2D eigenvalue weighted by atomic mass is 35.5. The minimum absolute atomic E-state index is 0.0675. The van der Waals surface area contributed by atoms with E-state index < -0.39 is 0 Å². The SMILES string of the molecule is CCOC(=O)CCN1CCC(=N)/C(=C(\N)c2cc(Cl)c(O)cc2O)C1. The monoisotopic (exact) mass is 367 g/mol. The Morgan fingerprint density at radius 1 is 1.40 bits per heavy atom. The molecule has 1 heterocycles. The third-order valence-electron chi connectivity index (χ3n) is 4.04. The molecule has 1 aliphatic heterocycles. The van der Waals surface area contributed by atoms with Gasteiger partial charge in [-0.15, -0.1) is 0 Å². The topological polar surface area (TPSA) is 120 Å². The number of halogens is 1. The highest BCUT2D eigenvalue weighted by Crippen LogP contribution is 2.35. The first-order chi connectivity index (χ1) is 11.8. The van der Waals surface area contributed by atoms with Crippen molar-refractivity contribution in [1.29, 1.82) is 5.41 Å². The molecule has 0 radical (unpaired) electrons. The normalized spacial score (nSPS) is 17.4. The van der Waals surface area contributed by atoms with Gasteiger partial charge in [-0.1, -0.05) is 11.6 Å². The second kappa shape index (κ2) is 8.22. The number of nitrogens with zero attached hydrogens (tertiary/aromatic N) is 1. The van der Waals surface area contributed by atoms with Crippen molar-refractivity contribution in [1.82, 2.24) is 4.90 Å². The second-order valence-electron chi connectivity index (χ2n) is 5.77. The smallest absolute Gasteiger partial charge is 0.307 e. The Bertz CT molecular complexity index is 718. The van der Waals surface area contributed by atoms with Crippen molar-refractivity contribution in [2.75, 3.05) is 26.2 Å². The van der Waals surface area contributed by atoms with Crippen LogP contribution in [0.4, 0.5) is 0 Å². The summed E-state index contributed by atoms with van der Waals surface area (Å²) < 4.78 is 4.92. The van der Waals surface area contributed by atoms with Gasteiger partial charge in [-0.25, -0.2) is 0 Å². The van der Waals surface area contributed by atoms with E-state index in [0.29, 0.717) is 43.9 Å². The molecule has 1 fully saturated rings. The van der Waals surface area contributed by atoms with Crippen molar-refractivity contribution in [3.05, 3.63) is 28.3 Å². The lowest BCUT2D eigenvalue weighted by Crippen LogP contribution is -2.38. The molecule has 1 aliphatic rings. The summed E-state index contributed by atoms with van der Waals surface area (Å²) in [6, 6.07) is 2.50. The van der Waals surface area contributed by atoms with Gasteiger partial charge in [0, 0.05) is 54.7 Å². The van der Waals surface area contributed by atoms with Gasteiger partial charge in [0.05, 0.1) is 18.1 Å². The fourth-order valence-electron chi connectivity index (χ4n) is 2.67. The number of piperidine rings is 1. The van der Waals surface area contributed by atoms with Gasteiger partial charge in [0.25, 0.3) is 0 Å². The Hall–Kier alpha value is -2.25. The number of likely N-dealkylation sites (tertiary alicyclic amines) is 1. The van der Waals surface area contributed by atoms with E-state index in [4.69, 9.17) is 27.5 Å². The number of hydrogen-bond acceptors (Lipinski definition) is 7. The largest absolute Gasteiger partial charge is 0.507 e. The quantitative estimate of drug-likeness (QED) is 0.591. The van der Waals surface area contributed by atoms with Crippen LogP contribution in [0, 0.1) is 5.41 Å². The standard InChI is InChI=1S/C17H22ClN3O4/c1-2-25-16(24)4-6-21-5-3-13(19)11(9-21)17(20)10-7-12(18)15(23)8-14(10)22/h7-8,19,22-23H,2-6,9,20H2,1H3/b17-11-,19-13?. The molecule has 1 saturated heterocycles. The summed E-state index contributed by atoms with van der Waals surface area (Å²) in [7, 11) is 0. The van der Waals surface area contributed by atoms with Crippen LogP contribution >= 0.6 is 11.6 Å². The maximum atomic E-state index is 11.5. The molecular formula is C17H22ClN3O4. The molecule has 0 amide bonds. The summed E-state index contributed by atoms with van der Waals surface area (Å²) in [6.45, 7) is 3.66. The zero-order chi connectivity index (χ0) is 18.6. The van der Waals surface area contributed by atoms with Gasteiger partial charge >= 0.3 is 5.97 Å². The first-order valence-corrected chi connectivity index (χ1v) is 8.37. The van der Waals surface area contributed by atoms with E-state index in [1.807, 2.05) is 4.90 Å². The van der Waals surface area contributed by atoms with E-state index in [1.54, 1.807) is 6.92 Å². The molecule has 0 unspecified atom stereocenters. The van der Waals surface area contributed by atoms with Crippen LogP contribution in [0.15, 0.2) is 17.7 Å². The van der Waals surface area contributed by atoms with Crippen LogP contribution < -0.4 is 5.73 Å². The van der Waals surface area contributed by atoms with Crippen LogP contribution in [-0.2, 0) is 9.53 Å². The van der Waals surface area contributed by atoms with Crippen LogP contribution in [0.1, 0.15) is 25.3 Å². The van der Waals surface area contributed by atoms with Gasteiger partial charge < -0.3 is 26.1 Å². The molecule has 0 aliphatic carbocycles. The number of carbonyl (C=O) groups is 1. The zero-order valence-electron chi connectivity index (χ0n) is 14.0. The first-order valence-electron chi connectivity index (χ1n) is 7.99. The predicted octanol–water partition coefficient (Wildman–Crippen LogP) is 2.10. The Morgan fingerprint density at radius 3 is 2.80 bits per heavy atom. The number of aromatic hydroxyl groups is 2. The minimum Gasteiger partial charge on any atom is -0.507 e. The molecular weight excluding hydrogens is 346 g/mol. The van der Waals surface area contributed by atoms with Crippen molar-refractivity contribution in [3.63, 3.8) is 0 Å². The molecule has 25 heavy (non-hydrogen) atoms. The third kappa shape index (κ3) is 4.64. The zero-order valence-corrected chi connectivity index (χ0v) is 14.8. The highest BCUT2D eigenvalue weighted by Gasteiger charge is 2.23. The molecule has 7 nitrogen and oxygen atoms in total. The Morgan fingerprint density at radius 2 is 2.12 bits per heavy atom. The lowest BCUT2D eigenvalue weighted by atomic mass is 9.96. The number of benzene rings is 1. The number of phenols is 2. The van der Waals surface area contributed by atoms with E-state index in [-0.39, 0.29) is 40.2 Å². The van der Waals surface area contributed by atoms with E-state index >= 15 is 0 Å². The van der Waals surface area contributed by atoms with Gasteiger partial charge in [0.1, 0.15) is 11.5 Å². The molecule has 5 N–H and O–H groups in total. The Balaban J connectivity index is 2.20. The Labute approximate surface area is 151 Å². The molecule has 136 valence electrons. The van der Waals surface area contributed by atoms with Gasteiger partial charge in [0.2, 0.25) is 0 Å². The Kier molecular flexibility index (Phi) is 6.27. The van der Waals surface area contributed by atoms with Crippen LogP contribution in [-0.4, -0.2) is 53.0 Å². The molecule has 0 aromatic heterocycles. The highest BCUT2D eigenvalue weighted by molar-refractivity contribution is 6.32. The van der Waals surface area contributed by atoms with Crippen molar-refractivity contribution < 1.29 is 19.7 Å². The van der Waals surface area contributed by atoms with Gasteiger partial charge in [-0.2, -0.15) is 0 Å². The summed E-state index contributed by atoms with van der Waals surface area (Å²) in [5, 5.41) is 27.8. The summed E-state index contributed by atoms with van der Waals surface area (Å²) in [5.74, 6) is -0.705. The van der Waals surface area contributed by atoms with Crippen LogP contribution in [0.5, 0.6) is 11.5 Å². The molecule has 1 aromatic carbocycles. The lowest BCUT2D eigenvalue weighted by molar-refractivity contribution is -0.143. The van der Waals surface area contributed by atoms with Crippen molar-refractivity contribution >= 4 is 29.0 Å². The van der Waals surface area contributed by atoms with Crippen molar-refractivity contribution in [2.45, 2.75) is 19.8 Å². The number of nitrogens with one attached hydrogen (secondary N) is 1. The van der Waals surface area contributed by atoms with E-state index in [9.17, 15) is 15.0 Å². The minimum atomic E-state index is -0.260. The number of esters is 1. The molecule has 8 heteroatoms. The maximum Gasteiger partial charge on any atom is 0.307 e. The van der Waals surface area contributed by atoms with E-state index in [2.05, 4.69) is 0 Å². The molecule has 2 rings (SSSR count). The van der Waals surface area contributed by atoms with Gasteiger partial charge in [0.15, 0.2) is 0 Å². The number of carbonyl (C=O) groups excluding carboxylic acids is 1. The van der Waals surface area contributed by atoms with Gasteiger partial charge in [-0.05, 0) is 13.0 Å². The summed E-state index contributed by atoms with van der Waals surface area (Å²) >= 11 is 5.89. The molecule has 1 aromatic rings. The summed E-state index contributed by atoms with van der Waals surface area (Å²) in [6.07, 6.45) is 0.760. The molecule has 0 bridgehead atoms. The average Bonchev–Trinajstić information content (AvgIpc) is 2.57. The van der Waals surface area contributed by atoms with E-state index in [1.165, 1.54) is 6.07 Å². The number of hydrogen-bond donors (Lipinski definition) is 4. The van der Waals surface area contributed by atoms with Gasteiger partial charge in [-0.3, -0.25) is 9.69 Å². The number of nitrogens with two attached hydrogens (primary N) is 1. The van der Waals surface area contributed by atoms with Crippen LogP contribution in [0.2, 0.25) is 5.02 Å². The van der Waals surface area contributed by atoms with Crippen LogP contribution in [0.3, 0.4) is 0 Å². The van der Waals surface area contributed by atoms with E-state index in [0.717, 1.165) is 6.07 Å². The molecule has 0 spiro atoms. The van der Waals surface area contributed by atoms with Crippen molar-refractivity contribution in [3.8, 4) is 11.5 Å². The number of rotatable bonds is 5. The molecule has 0 atom stereocenters.